The second kappa shape index (κ2) is 9.06. The van der Waals surface area contributed by atoms with Crippen LogP contribution >= 0.6 is 0 Å². The van der Waals surface area contributed by atoms with E-state index >= 15 is 0 Å². The summed E-state index contributed by atoms with van der Waals surface area (Å²) < 4.78 is 70.6. The summed E-state index contributed by atoms with van der Waals surface area (Å²) in [6, 6.07) is 11.4. The monoisotopic (exact) mass is 390 g/mol. The molecule has 0 bridgehead atoms. The fourth-order valence-corrected chi connectivity index (χ4v) is 2.04. The van der Waals surface area contributed by atoms with E-state index in [1.54, 1.807) is 6.07 Å². The van der Waals surface area contributed by atoms with Crippen LogP contribution in [0.5, 0.6) is 11.5 Å². The van der Waals surface area contributed by atoms with Crippen LogP contribution in [0.15, 0.2) is 48.5 Å². The van der Waals surface area contributed by atoms with Gasteiger partial charge in [-0.15, -0.1) is 0 Å². The number of alkyl halides is 5. The van der Waals surface area contributed by atoms with Gasteiger partial charge in [-0.1, -0.05) is 24.3 Å². The Morgan fingerprint density at radius 1 is 0.963 bits per heavy atom. The molecule has 2 rings (SSSR count). The topological polar surface area (TPSA) is 59.6 Å². The lowest BCUT2D eigenvalue weighted by atomic mass is 10.2. The third-order valence-electron chi connectivity index (χ3n) is 3.09. The molecule has 0 heterocycles. The number of carbonyl (C=O) groups excluding carboxylic acids is 1. The first-order valence-electron chi connectivity index (χ1n) is 7.61. The molecule has 0 aliphatic heterocycles. The molecule has 0 unspecified atom stereocenters. The van der Waals surface area contributed by atoms with E-state index < -0.39 is 25.3 Å². The molecule has 2 aromatic carbocycles. The first-order chi connectivity index (χ1) is 12.7. The Labute approximate surface area is 151 Å². The quantitative estimate of drug-likeness (QED) is 0.661. The molecule has 2 N–H and O–H groups in total. The number of benzene rings is 2. The lowest BCUT2D eigenvalue weighted by molar-refractivity contribution is -0.153. The molecule has 0 aliphatic carbocycles. The van der Waals surface area contributed by atoms with Gasteiger partial charge in [0, 0.05) is 0 Å². The molecule has 0 spiro atoms. The number of amides is 1. The molecule has 27 heavy (non-hydrogen) atoms. The highest BCUT2D eigenvalue weighted by molar-refractivity contribution is 5.95. The highest BCUT2D eigenvalue weighted by atomic mass is 19.4. The predicted molar refractivity (Wildman–Crippen MR) is 88.2 cm³/mol. The molecule has 1 amide bonds. The third kappa shape index (κ3) is 7.00. The second-order valence-electron chi connectivity index (χ2n) is 5.18. The number of halogens is 5. The van der Waals surface area contributed by atoms with Crippen LogP contribution in [0.1, 0.15) is 0 Å². The van der Waals surface area contributed by atoms with Crippen molar-refractivity contribution < 1.29 is 36.2 Å². The maximum atomic E-state index is 12.4. The summed E-state index contributed by atoms with van der Waals surface area (Å²) in [6.07, 6.45) is -4.50. The van der Waals surface area contributed by atoms with Gasteiger partial charge in [0.05, 0.1) is 17.9 Å². The first kappa shape index (κ1) is 20.3. The second-order valence-corrected chi connectivity index (χ2v) is 5.18. The normalized spacial score (nSPS) is 11.2. The van der Waals surface area contributed by atoms with E-state index in [0.717, 1.165) is 0 Å². The molecular formula is C17H15F5N2O3. The standard InChI is InChI=1S/C17H15F5N2O3/c18-16(19)27-14-8-4-2-6-12(14)24-15(25)9-23-11-5-1-3-7-13(11)26-10-17(20,21)22/h1-8,16,23H,9-10H2,(H,24,25). The van der Waals surface area contributed by atoms with Crippen LogP contribution in [-0.4, -0.2) is 31.8 Å². The molecule has 5 nitrogen and oxygen atoms in total. The highest BCUT2D eigenvalue weighted by Gasteiger charge is 2.28. The van der Waals surface area contributed by atoms with E-state index in [4.69, 9.17) is 4.74 Å². The summed E-state index contributed by atoms with van der Waals surface area (Å²) in [5.41, 5.74) is 0.209. The van der Waals surface area contributed by atoms with Crippen LogP contribution in [0.4, 0.5) is 33.3 Å². The molecule has 146 valence electrons. The summed E-state index contributed by atoms with van der Waals surface area (Å²) in [5.74, 6) is -0.912. The van der Waals surface area contributed by atoms with Gasteiger partial charge in [-0.3, -0.25) is 4.79 Å². The zero-order valence-electron chi connectivity index (χ0n) is 13.7. The minimum absolute atomic E-state index is 0.0335. The molecule has 0 aliphatic rings. The molecule has 0 atom stereocenters. The van der Waals surface area contributed by atoms with Crippen molar-refractivity contribution in [3.63, 3.8) is 0 Å². The summed E-state index contributed by atoms with van der Waals surface area (Å²) in [5, 5.41) is 5.02. The number of para-hydroxylation sites is 4. The van der Waals surface area contributed by atoms with Crippen molar-refractivity contribution in [2.75, 3.05) is 23.8 Å². The maximum Gasteiger partial charge on any atom is 0.422 e. The van der Waals surface area contributed by atoms with Gasteiger partial charge < -0.3 is 20.1 Å². The number of hydrogen-bond donors (Lipinski definition) is 2. The lowest BCUT2D eigenvalue weighted by Crippen LogP contribution is -2.23. The van der Waals surface area contributed by atoms with E-state index in [9.17, 15) is 26.7 Å². The van der Waals surface area contributed by atoms with Gasteiger partial charge in [-0.05, 0) is 24.3 Å². The Balaban J connectivity index is 1.97. The zero-order chi connectivity index (χ0) is 19.9. The van der Waals surface area contributed by atoms with Crippen LogP contribution in [0.3, 0.4) is 0 Å². The molecule has 0 aromatic heterocycles. The molecule has 2 aromatic rings. The van der Waals surface area contributed by atoms with Crippen molar-refractivity contribution in [3.05, 3.63) is 48.5 Å². The van der Waals surface area contributed by atoms with E-state index in [1.807, 2.05) is 0 Å². The number of rotatable bonds is 8. The molecule has 0 saturated carbocycles. The van der Waals surface area contributed by atoms with Crippen LogP contribution < -0.4 is 20.1 Å². The number of hydrogen-bond acceptors (Lipinski definition) is 4. The summed E-state index contributed by atoms with van der Waals surface area (Å²) in [6.45, 7) is -4.87. The molecule has 10 heteroatoms. The SMILES string of the molecule is O=C(CNc1ccccc1OCC(F)(F)F)Nc1ccccc1OC(F)F. The zero-order valence-corrected chi connectivity index (χ0v) is 13.7. The van der Waals surface area contributed by atoms with Crippen molar-refractivity contribution in [2.24, 2.45) is 0 Å². The van der Waals surface area contributed by atoms with Gasteiger partial charge in [0.2, 0.25) is 5.91 Å². The fraction of sp³-hybridized carbons (Fsp3) is 0.235. The van der Waals surface area contributed by atoms with Crippen molar-refractivity contribution in [2.45, 2.75) is 12.8 Å². The van der Waals surface area contributed by atoms with Crippen LogP contribution in [0.2, 0.25) is 0 Å². The maximum absolute atomic E-state index is 12.4. The van der Waals surface area contributed by atoms with Crippen LogP contribution in [0.25, 0.3) is 0 Å². The number of anilines is 2. The minimum Gasteiger partial charge on any atom is -0.482 e. The average Bonchev–Trinajstić information content (AvgIpc) is 2.59. The van der Waals surface area contributed by atoms with E-state index in [-0.39, 0.29) is 29.4 Å². The smallest absolute Gasteiger partial charge is 0.422 e. The summed E-state index contributed by atoms with van der Waals surface area (Å²) >= 11 is 0. The fourth-order valence-electron chi connectivity index (χ4n) is 2.04. The van der Waals surface area contributed by atoms with Crippen molar-refractivity contribution >= 4 is 17.3 Å². The Hall–Kier alpha value is -3.04. The first-order valence-corrected chi connectivity index (χ1v) is 7.61. The predicted octanol–water partition coefficient (Wildman–Crippen LogP) is 4.28. The third-order valence-corrected chi connectivity index (χ3v) is 3.09. The minimum atomic E-state index is -4.50. The lowest BCUT2D eigenvalue weighted by Gasteiger charge is -2.15. The van der Waals surface area contributed by atoms with Crippen LogP contribution in [-0.2, 0) is 4.79 Å². The average molecular weight is 390 g/mol. The Kier molecular flexibility index (Phi) is 6.80. The Morgan fingerprint density at radius 3 is 2.19 bits per heavy atom. The number of carbonyl (C=O) groups is 1. The van der Waals surface area contributed by atoms with Gasteiger partial charge in [-0.25, -0.2) is 0 Å². The molecule has 0 fully saturated rings. The van der Waals surface area contributed by atoms with Crippen molar-refractivity contribution in [1.29, 1.82) is 0 Å². The molecule has 0 radical (unpaired) electrons. The molecular weight excluding hydrogens is 375 g/mol. The summed E-state index contributed by atoms with van der Waals surface area (Å²) in [7, 11) is 0. The van der Waals surface area contributed by atoms with Gasteiger partial charge >= 0.3 is 12.8 Å². The number of ether oxygens (including phenoxy) is 2. The Morgan fingerprint density at radius 2 is 1.56 bits per heavy atom. The highest BCUT2D eigenvalue weighted by Crippen LogP contribution is 2.27. The van der Waals surface area contributed by atoms with Crippen molar-refractivity contribution in [1.82, 2.24) is 0 Å². The number of nitrogens with one attached hydrogen (secondary N) is 2. The largest absolute Gasteiger partial charge is 0.482 e. The van der Waals surface area contributed by atoms with Gasteiger partial charge in [0.1, 0.15) is 11.5 Å². The van der Waals surface area contributed by atoms with E-state index in [2.05, 4.69) is 15.4 Å². The van der Waals surface area contributed by atoms with E-state index in [0.29, 0.717) is 0 Å². The van der Waals surface area contributed by atoms with Gasteiger partial charge in [-0.2, -0.15) is 22.0 Å². The van der Waals surface area contributed by atoms with E-state index in [1.165, 1.54) is 42.5 Å². The van der Waals surface area contributed by atoms with Gasteiger partial charge in [0.25, 0.3) is 0 Å². The molecule has 0 saturated heterocycles. The summed E-state index contributed by atoms with van der Waals surface area (Å²) in [4.78, 5) is 12.0. The van der Waals surface area contributed by atoms with Crippen LogP contribution in [0, 0.1) is 0 Å². The van der Waals surface area contributed by atoms with Gasteiger partial charge in [0.15, 0.2) is 6.61 Å². The Bertz CT molecular complexity index is 768. The van der Waals surface area contributed by atoms with Crippen molar-refractivity contribution in [3.8, 4) is 11.5 Å².